The van der Waals surface area contributed by atoms with E-state index in [0.717, 1.165) is 18.1 Å². The molecular formula is C11H17NO. The highest BCUT2D eigenvalue weighted by Crippen LogP contribution is 2.41. The molecule has 1 unspecified atom stereocenters. The summed E-state index contributed by atoms with van der Waals surface area (Å²) in [6.07, 6.45) is 5.52. The fourth-order valence-corrected chi connectivity index (χ4v) is 1.99. The molecule has 0 amide bonds. The third-order valence-electron chi connectivity index (χ3n) is 2.84. The van der Waals surface area contributed by atoms with Crippen LogP contribution in [0.1, 0.15) is 37.1 Å². The van der Waals surface area contributed by atoms with E-state index in [1.165, 1.54) is 18.4 Å². The highest BCUT2D eigenvalue weighted by Gasteiger charge is 2.32. The summed E-state index contributed by atoms with van der Waals surface area (Å²) in [6, 6.07) is 2.63. The Labute approximate surface area is 79.3 Å². The van der Waals surface area contributed by atoms with Gasteiger partial charge in [0.2, 0.25) is 0 Å². The summed E-state index contributed by atoms with van der Waals surface area (Å²) < 4.78 is 5.43. The third kappa shape index (κ3) is 1.63. The van der Waals surface area contributed by atoms with E-state index in [2.05, 4.69) is 18.3 Å². The van der Waals surface area contributed by atoms with Crippen LogP contribution < -0.4 is 5.32 Å². The summed E-state index contributed by atoms with van der Waals surface area (Å²) in [5.74, 6) is 1.99. The minimum absolute atomic E-state index is 0.522. The molecule has 1 atom stereocenters. The molecule has 2 nitrogen and oxygen atoms in total. The molecule has 0 spiro atoms. The van der Waals surface area contributed by atoms with Crippen LogP contribution in [0.4, 0.5) is 0 Å². The molecule has 0 aliphatic heterocycles. The molecule has 1 aliphatic carbocycles. The monoisotopic (exact) mass is 179 g/mol. The number of nitrogens with one attached hydrogen (secondary N) is 1. The first-order valence-electron chi connectivity index (χ1n) is 5.10. The maximum Gasteiger partial charge on any atom is 0.108 e. The van der Waals surface area contributed by atoms with Crippen molar-refractivity contribution in [2.45, 2.75) is 32.2 Å². The highest BCUT2D eigenvalue weighted by molar-refractivity contribution is 5.23. The molecule has 1 aromatic heterocycles. The van der Waals surface area contributed by atoms with Crippen molar-refractivity contribution in [1.29, 1.82) is 0 Å². The van der Waals surface area contributed by atoms with Crippen molar-refractivity contribution >= 4 is 0 Å². The Bertz CT molecular complexity index is 275. The Kier molecular flexibility index (Phi) is 2.40. The van der Waals surface area contributed by atoms with Gasteiger partial charge in [-0.15, -0.1) is 0 Å². The average molecular weight is 179 g/mol. The smallest absolute Gasteiger partial charge is 0.108 e. The Morgan fingerprint density at radius 1 is 1.62 bits per heavy atom. The topological polar surface area (TPSA) is 25.2 Å². The number of rotatable bonds is 4. The third-order valence-corrected chi connectivity index (χ3v) is 2.84. The van der Waals surface area contributed by atoms with Crippen LogP contribution in [0.5, 0.6) is 0 Å². The molecule has 2 rings (SSSR count). The molecule has 1 N–H and O–H groups in total. The molecule has 1 aromatic rings. The molecule has 0 bridgehead atoms. The second-order valence-corrected chi connectivity index (χ2v) is 3.76. The molecule has 2 heteroatoms. The highest BCUT2D eigenvalue weighted by atomic mass is 16.3. The lowest BCUT2D eigenvalue weighted by molar-refractivity contribution is 0.478. The molecular weight excluding hydrogens is 162 g/mol. The Hall–Kier alpha value is -0.760. The number of furan rings is 1. The largest absolute Gasteiger partial charge is 0.469 e. The van der Waals surface area contributed by atoms with E-state index in [-0.39, 0.29) is 0 Å². The Morgan fingerprint density at radius 2 is 2.38 bits per heavy atom. The van der Waals surface area contributed by atoms with Crippen molar-refractivity contribution < 1.29 is 4.42 Å². The van der Waals surface area contributed by atoms with Crippen LogP contribution >= 0.6 is 0 Å². The first kappa shape index (κ1) is 8.82. The fraction of sp³-hybridized carbons (Fsp3) is 0.636. The molecule has 1 heterocycles. The van der Waals surface area contributed by atoms with Gasteiger partial charge in [0.15, 0.2) is 0 Å². The van der Waals surface area contributed by atoms with Gasteiger partial charge >= 0.3 is 0 Å². The van der Waals surface area contributed by atoms with Crippen molar-refractivity contribution in [3.05, 3.63) is 23.7 Å². The Morgan fingerprint density at radius 3 is 2.92 bits per heavy atom. The Balaban J connectivity index is 2.20. The van der Waals surface area contributed by atoms with Crippen molar-refractivity contribution in [2.75, 3.05) is 7.05 Å². The molecule has 1 saturated carbocycles. The van der Waals surface area contributed by atoms with Crippen LogP contribution in [0, 0.1) is 5.92 Å². The first-order valence-corrected chi connectivity index (χ1v) is 5.10. The summed E-state index contributed by atoms with van der Waals surface area (Å²) in [6.45, 7) is 2.14. The number of aryl methyl sites for hydroxylation is 1. The van der Waals surface area contributed by atoms with Gasteiger partial charge in [0.05, 0.1) is 6.26 Å². The van der Waals surface area contributed by atoms with Gasteiger partial charge in [-0.25, -0.2) is 0 Å². The maximum atomic E-state index is 5.43. The molecule has 1 fully saturated rings. The van der Waals surface area contributed by atoms with Gasteiger partial charge in [0.25, 0.3) is 0 Å². The zero-order valence-corrected chi connectivity index (χ0v) is 8.34. The minimum Gasteiger partial charge on any atom is -0.469 e. The van der Waals surface area contributed by atoms with Crippen molar-refractivity contribution in [1.82, 2.24) is 5.32 Å². The van der Waals surface area contributed by atoms with Gasteiger partial charge in [-0.3, -0.25) is 0 Å². The van der Waals surface area contributed by atoms with Gasteiger partial charge in [0.1, 0.15) is 5.76 Å². The second-order valence-electron chi connectivity index (χ2n) is 3.76. The van der Waals surface area contributed by atoms with E-state index in [1.54, 1.807) is 6.26 Å². The quantitative estimate of drug-likeness (QED) is 0.768. The standard InChI is InChI=1S/C11H17NO/c1-3-10-9(6-7-13-10)11(12-2)8-4-5-8/h6-8,11-12H,3-5H2,1-2H3. The van der Waals surface area contributed by atoms with Crippen molar-refractivity contribution in [3.63, 3.8) is 0 Å². The van der Waals surface area contributed by atoms with Gasteiger partial charge in [-0.1, -0.05) is 6.92 Å². The summed E-state index contributed by atoms with van der Waals surface area (Å²) >= 11 is 0. The van der Waals surface area contributed by atoms with Gasteiger partial charge in [-0.05, 0) is 31.9 Å². The van der Waals surface area contributed by atoms with Gasteiger partial charge < -0.3 is 9.73 Å². The van der Waals surface area contributed by atoms with E-state index in [0.29, 0.717) is 6.04 Å². The first-order chi connectivity index (χ1) is 6.36. The van der Waals surface area contributed by atoms with Crippen molar-refractivity contribution in [2.24, 2.45) is 5.92 Å². The molecule has 1 aliphatic rings. The van der Waals surface area contributed by atoms with Gasteiger partial charge in [0, 0.05) is 18.0 Å². The number of hydrogen-bond donors (Lipinski definition) is 1. The molecule has 13 heavy (non-hydrogen) atoms. The van der Waals surface area contributed by atoms with Crippen LogP contribution in [-0.4, -0.2) is 7.05 Å². The van der Waals surface area contributed by atoms with Gasteiger partial charge in [-0.2, -0.15) is 0 Å². The lowest BCUT2D eigenvalue weighted by Gasteiger charge is -2.14. The molecule has 72 valence electrons. The zero-order valence-electron chi connectivity index (χ0n) is 8.34. The number of hydrogen-bond acceptors (Lipinski definition) is 2. The maximum absolute atomic E-state index is 5.43. The lowest BCUT2D eigenvalue weighted by Crippen LogP contribution is -2.18. The van der Waals surface area contributed by atoms with Crippen molar-refractivity contribution in [3.8, 4) is 0 Å². The average Bonchev–Trinajstić information content (AvgIpc) is 2.86. The predicted octanol–water partition coefficient (Wildman–Crippen LogP) is 2.51. The van der Waals surface area contributed by atoms with Crippen LogP contribution in [-0.2, 0) is 6.42 Å². The molecule has 0 aromatic carbocycles. The van der Waals surface area contributed by atoms with Crippen LogP contribution in [0.25, 0.3) is 0 Å². The molecule has 0 saturated heterocycles. The van der Waals surface area contributed by atoms with E-state index >= 15 is 0 Å². The van der Waals surface area contributed by atoms with Crippen LogP contribution in [0.2, 0.25) is 0 Å². The summed E-state index contributed by atoms with van der Waals surface area (Å²) in [7, 11) is 2.04. The van der Waals surface area contributed by atoms with E-state index in [1.807, 2.05) is 7.05 Å². The van der Waals surface area contributed by atoms with Crippen LogP contribution in [0.3, 0.4) is 0 Å². The SMILES string of the molecule is CCc1occc1C(NC)C1CC1. The van der Waals surface area contributed by atoms with E-state index < -0.39 is 0 Å². The van der Waals surface area contributed by atoms with E-state index in [9.17, 15) is 0 Å². The van der Waals surface area contributed by atoms with Crippen LogP contribution in [0.15, 0.2) is 16.7 Å². The molecule has 0 radical (unpaired) electrons. The summed E-state index contributed by atoms with van der Waals surface area (Å²) in [4.78, 5) is 0. The fourth-order valence-electron chi connectivity index (χ4n) is 1.99. The predicted molar refractivity (Wildman–Crippen MR) is 52.6 cm³/mol. The second kappa shape index (κ2) is 3.54. The lowest BCUT2D eigenvalue weighted by atomic mass is 10.0. The summed E-state index contributed by atoms with van der Waals surface area (Å²) in [5, 5.41) is 3.38. The zero-order chi connectivity index (χ0) is 9.26. The summed E-state index contributed by atoms with van der Waals surface area (Å²) in [5.41, 5.74) is 1.37. The minimum atomic E-state index is 0.522. The normalized spacial score (nSPS) is 18.9. The van der Waals surface area contributed by atoms with E-state index in [4.69, 9.17) is 4.42 Å².